The molecule has 3 aromatic rings. The van der Waals surface area contributed by atoms with E-state index in [9.17, 15) is 4.39 Å². The van der Waals surface area contributed by atoms with Crippen LogP contribution in [0.2, 0.25) is 0 Å². The third kappa shape index (κ3) is 4.25. The molecule has 4 rings (SSSR count). The van der Waals surface area contributed by atoms with Gasteiger partial charge in [-0.1, -0.05) is 24.3 Å². The van der Waals surface area contributed by atoms with Gasteiger partial charge < -0.3 is 0 Å². The summed E-state index contributed by atoms with van der Waals surface area (Å²) >= 11 is 1.77. The number of H-pyrrole nitrogens is 1. The number of piperidine rings is 1. The second kappa shape index (κ2) is 8.28. The van der Waals surface area contributed by atoms with Gasteiger partial charge in [0.2, 0.25) is 0 Å². The molecule has 1 aromatic heterocycles. The molecule has 2 heterocycles. The Labute approximate surface area is 164 Å². The molecule has 0 aliphatic carbocycles. The number of hydrogen-bond donors (Lipinski definition) is 1. The van der Waals surface area contributed by atoms with Gasteiger partial charge in [-0.25, -0.2) is 4.39 Å². The summed E-state index contributed by atoms with van der Waals surface area (Å²) in [7, 11) is 0. The van der Waals surface area contributed by atoms with Gasteiger partial charge in [0.1, 0.15) is 5.82 Å². The van der Waals surface area contributed by atoms with Crippen LogP contribution in [-0.2, 0) is 6.54 Å². The molecular weight excluding hydrogens is 357 g/mol. The van der Waals surface area contributed by atoms with Crippen LogP contribution in [0.1, 0.15) is 30.0 Å². The van der Waals surface area contributed by atoms with E-state index in [1.807, 2.05) is 18.3 Å². The van der Waals surface area contributed by atoms with Crippen molar-refractivity contribution >= 4 is 11.8 Å². The van der Waals surface area contributed by atoms with Crippen molar-refractivity contribution in [3.63, 3.8) is 0 Å². The SMILES string of the molecule is CSc1ccc(CN2CCC[C@@H](c3[nH]ncc3-c3ccc(F)cc3)C2)cc1. The summed E-state index contributed by atoms with van der Waals surface area (Å²) < 4.78 is 13.3. The number of aromatic nitrogens is 2. The summed E-state index contributed by atoms with van der Waals surface area (Å²) in [5, 5.41) is 7.50. The van der Waals surface area contributed by atoms with Crippen LogP contribution < -0.4 is 0 Å². The van der Waals surface area contributed by atoms with E-state index < -0.39 is 0 Å². The first kappa shape index (κ1) is 18.3. The summed E-state index contributed by atoms with van der Waals surface area (Å²) in [6, 6.07) is 15.5. The molecule has 1 N–H and O–H groups in total. The third-order valence-corrected chi connectivity index (χ3v) is 6.05. The molecule has 2 aromatic carbocycles. The largest absolute Gasteiger partial charge is 0.298 e. The summed E-state index contributed by atoms with van der Waals surface area (Å²) in [4.78, 5) is 3.83. The second-order valence-corrected chi connectivity index (χ2v) is 8.01. The lowest BCUT2D eigenvalue weighted by Crippen LogP contribution is -2.34. The fraction of sp³-hybridized carbons (Fsp3) is 0.318. The average molecular weight is 382 g/mol. The van der Waals surface area contributed by atoms with Crippen LogP contribution >= 0.6 is 11.8 Å². The van der Waals surface area contributed by atoms with Crippen LogP contribution in [0.15, 0.2) is 59.6 Å². The van der Waals surface area contributed by atoms with Gasteiger partial charge in [-0.05, 0) is 61.0 Å². The fourth-order valence-electron chi connectivity index (χ4n) is 3.89. The maximum absolute atomic E-state index is 13.3. The van der Waals surface area contributed by atoms with Crippen molar-refractivity contribution < 1.29 is 4.39 Å². The van der Waals surface area contributed by atoms with Crippen molar-refractivity contribution in [3.05, 3.63) is 71.8 Å². The molecule has 0 amide bonds. The Kier molecular flexibility index (Phi) is 5.60. The Morgan fingerprint density at radius 2 is 1.93 bits per heavy atom. The molecule has 27 heavy (non-hydrogen) atoms. The van der Waals surface area contributed by atoms with E-state index in [4.69, 9.17) is 0 Å². The molecule has 0 radical (unpaired) electrons. The topological polar surface area (TPSA) is 31.9 Å². The third-order valence-electron chi connectivity index (χ3n) is 5.30. The van der Waals surface area contributed by atoms with Gasteiger partial charge in [0, 0.05) is 35.2 Å². The number of nitrogens with zero attached hydrogens (tertiary/aromatic N) is 2. The molecular formula is C22H24FN3S. The lowest BCUT2D eigenvalue weighted by atomic mass is 9.90. The monoisotopic (exact) mass is 381 g/mol. The number of aromatic amines is 1. The maximum Gasteiger partial charge on any atom is 0.123 e. The number of hydrogen-bond acceptors (Lipinski definition) is 3. The number of likely N-dealkylation sites (tertiary alicyclic amines) is 1. The number of halogens is 1. The quantitative estimate of drug-likeness (QED) is 0.607. The first-order chi connectivity index (χ1) is 13.2. The maximum atomic E-state index is 13.3. The van der Waals surface area contributed by atoms with Gasteiger partial charge in [-0.15, -0.1) is 11.8 Å². The van der Waals surface area contributed by atoms with E-state index >= 15 is 0 Å². The van der Waals surface area contributed by atoms with Gasteiger partial charge in [-0.3, -0.25) is 10.00 Å². The van der Waals surface area contributed by atoms with Crippen molar-refractivity contribution in [2.45, 2.75) is 30.2 Å². The molecule has 1 saturated heterocycles. The summed E-state index contributed by atoms with van der Waals surface area (Å²) in [5.74, 6) is 0.215. The molecule has 1 atom stereocenters. The van der Waals surface area contributed by atoms with Gasteiger partial charge in [-0.2, -0.15) is 5.10 Å². The smallest absolute Gasteiger partial charge is 0.123 e. The normalized spacial score (nSPS) is 17.9. The summed E-state index contributed by atoms with van der Waals surface area (Å²) in [5.41, 5.74) is 4.64. The number of thioether (sulfide) groups is 1. The molecule has 0 bridgehead atoms. The molecule has 1 fully saturated rings. The molecule has 140 valence electrons. The van der Waals surface area contributed by atoms with E-state index in [0.29, 0.717) is 5.92 Å². The molecule has 0 spiro atoms. The van der Waals surface area contributed by atoms with Crippen LogP contribution in [-0.4, -0.2) is 34.4 Å². The lowest BCUT2D eigenvalue weighted by molar-refractivity contribution is 0.198. The van der Waals surface area contributed by atoms with Gasteiger partial charge in [0.05, 0.1) is 6.20 Å². The van der Waals surface area contributed by atoms with Crippen LogP contribution in [0.3, 0.4) is 0 Å². The van der Waals surface area contributed by atoms with Crippen LogP contribution in [0.4, 0.5) is 4.39 Å². The number of benzene rings is 2. The minimum absolute atomic E-state index is 0.208. The highest BCUT2D eigenvalue weighted by atomic mass is 32.2. The minimum Gasteiger partial charge on any atom is -0.298 e. The van der Waals surface area contributed by atoms with Crippen LogP contribution in [0.5, 0.6) is 0 Å². The van der Waals surface area contributed by atoms with Crippen LogP contribution in [0.25, 0.3) is 11.1 Å². The Hall–Kier alpha value is -2.11. The fourth-order valence-corrected chi connectivity index (χ4v) is 4.30. The zero-order valence-electron chi connectivity index (χ0n) is 15.5. The van der Waals surface area contributed by atoms with Crippen molar-refractivity contribution in [2.75, 3.05) is 19.3 Å². The van der Waals surface area contributed by atoms with E-state index in [1.165, 1.54) is 34.7 Å². The standard InChI is InChI=1S/C22H24FN3S/c1-27-20-10-4-16(5-11-20)14-26-12-2-3-18(15-26)22-21(13-24-25-22)17-6-8-19(23)9-7-17/h4-11,13,18H,2-3,12,14-15H2,1H3,(H,24,25)/t18-/m1/s1. The first-order valence-corrected chi connectivity index (χ1v) is 10.6. The highest BCUT2D eigenvalue weighted by molar-refractivity contribution is 7.98. The van der Waals surface area contributed by atoms with E-state index in [0.717, 1.165) is 37.2 Å². The molecule has 0 unspecified atom stereocenters. The van der Waals surface area contributed by atoms with Gasteiger partial charge in [0.25, 0.3) is 0 Å². The second-order valence-electron chi connectivity index (χ2n) is 7.13. The van der Waals surface area contributed by atoms with Crippen molar-refractivity contribution in [1.29, 1.82) is 0 Å². The molecule has 3 nitrogen and oxygen atoms in total. The molecule has 1 aliphatic heterocycles. The molecule has 1 aliphatic rings. The number of rotatable bonds is 5. The Bertz CT molecular complexity index is 873. The zero-order valence-corrected chi connectivity index (χ0v) is 16.3. The van der Waals surface area contributed by atoms with Gasteiger partial charge in [0.15, 0.2) is 0 Å². The Balaban J connectivity index is 1.48. The van der Waals surface area contributed by atoms with E-state index in [2.05, 4.69) is 45.6 Å². The predicted molar refractivity (Wildman–Crippen MR) is 109 cm³/mol. The van der Waals surface area contributed by atoms with Gasteiger partial charge >= 0.3 is 0 Å². The first-order valence-electron chi connectivity index (χ1n) is 9.37. The van der Waals surface area contributed by atoms with Crippen molar-refractivity contribution in [2.24, 2.45) is 0 Å². The average Bonchev–Trinajstić information content (AvgIpc) is 3.19. The lowest BCUT2D eigenvalue weighted by Gasteiger charge is -2.32. The van der Waals surface area contributed by atoms with Crippen molar-refractivity contribution in [1.82, 2.24) is 15.1 Å². The van der Waals surface area contributed by atoms with Crippen molar-refractivity contribution in [3.8, 4) is 11.1 Å². The van der Waals surface area contributed by atoms with E-state index in [1.54, 1.807) is 11.8 Å². The highest BCUT2D eigenvalue weighted by Crippen LogP contribution is 2.33. The number of nitrogens with one attached hydrogen (secondary N) is 1. The minimum atomic E-state index is -0.208. The molecule has 5 heteroatoms. The summed E-state index contributed by atoms with van der Waals surface area (Å²) in [6.07, 6.45) is 6.30. The zero-order chi connectivity index (χ0) is 18.6. The highest BCUT2D eigenvalue weighted by Gasteiger charge is 2.25. The molecule has 0 saturated carbocycles. The Morgan fingerprint density at radius 1 is 1.15 bits per heavy atom. The Morgan fingerprint density at radius 3 is 2.67 bits per heavy atom. The predicted octanol–water partition coefficient (Wildman–Crippen LogP) is 5.32. The van der Waals surface area contributed by atoms with Crippen LogP contribution in [0, 0.1) is 5.82 Å². The van der Waals surface area contributed by atoms with E-state index in [-0.39, 0.29) is 5.82 Å². The summed E-state index contributed by atoms with van der Waals surface area (Å²) in [6.45, 7) is 3.12.